The van der Waals surface area contributed by atoms with Crippen molar-refractivity contribution in [2.24, 2.45) is 10.8 Å². The predicted octanol–water partition coefficient (Wildman–Crippen LogP) is 1.93. The van der Waals surface area contributed by atoms with Gasteiger partial charge in [0.15, 0.2) is 6.61 Å². The van der Waals surface area contributed by atoms with Gasteiger partial charge in [-0.25, -0.2) is 5.43 Å². The van der Waals surface area contributed by atoms with Crippen LogP contribution in [0.1, 0.15) is 15.9 Å². The number of benzene rings is 2. The van der Waals surface area contributed by atoms with E-state index in [0.29, 0.717) is 17.1 Å². The number of nitrogens with two attached hydrogens (primary N) is 1. The number of hydrogen-bond donors (Lipinski definition) is 2. The summed E-state index contributed by atoms with van der Waals surface area (Å²) in [7, 11) is 1.55. The third-order valence-electron chi connectivity index (χ3n) is 3.05. The number of hydrazone groups is 1. The van der Waals surface area contributed by atoms with E-state index in [1.165, 1.54) is 6.21 Å². The van der Waals surface area contributed by atoms with Crippen LogP contribution in [-0.2, 0) is 4.79 Å². The summed E-state index contributed by atoms with van der Waals surface area (Å²) in [5.41, 5.74) is 8.66. The summed E-state index contributed by atoms with van der Waals surface area (Å²) in [6.07, 6.45) is 1.50. The molecule has 0 radical (unpaired) electrons. The summed E-state index contributed by atoms with van der Waals surface area (Å²) in [5.74, 6) is 0.266. The number of halogens is 1. The molecule has 0 atom stereocenters. The molecule has 7 nitrogen and oxygen atoms in total. The van der Waals surface area contributed by atoms with Crippen molar-refractivity contribution in [1.29, 1.82) is 0 Å². The first-order valence-corrected chi connectivity index (χ1v) is 8.25. The number of carbonyl (C=O) groups excluding carboxylic acids is 2. The van der Waals surface area contributed by atoms with E-state index in [9.17, 15) is 9.59 Å². The zero-order valence-electron chi connectivity index (χ0n) is 13.4. The van der Waals surface area contributed by atoms with Crippen molar-refractivity contribution in [1.82, 2.24) is 5.43 Å². The van der Waals surface area contributed by atoms with Crippen LogP contribution in [0.25, 0.3) is 0 Å². The topological polar surface area (TPSA) is 103 Å². The molecule has 0 aromatic heterocycles. The maximum atomic E-state index is 12.1. The summed E-state index contributed by atoms with van der Waals surface area (Å²) >= 11 is 2.13. The Morgan fingerprint density at radius 3 is 2.60 bits per heavy atom. The maximum absolute atomic E-state index is 12.1. The Bertz CT molecular complexity index is 791. The van der Waals surface area contributed by atoms with Gasteiger partial charge in [0.2, 0.25) is 0 Å². The first-order valence-electron chi connectivity index (χ1n) is 7.17. The van der Waals surface area contributed by atoms with E-state index < -0.39 is 5.91 Å². The van der Waals surface area contributed by atoms with Gasteiger partial charge in [0.05, 0.1) is 16.9 Å². The van der Waals surface area contributed by atoms with Gasteiger partial charge in [-0.2, -0.15) is 5.10 Å². The Labute approximate surface area is 158 Å². The van der Waals surface area contributed by atoms with E-state index in [1.807, 2.05) is 0 Å². The molecule has 25 heavy (non-hydrogen) atoms. The average molecular weight is 453 g/mol. The molecule has 2 rings (SSSR count). The summed E-state index contributed by atoms with van der Waals surface area (Å²) < 4.78 is 11.3. The number of methoxy groups -OCH3 is 1. The minimum absolute atomic E-state index is 0.178. The summed E-state index contributed by atoms with van der Waals surface area (Å²) in [6, 6.07) is 12.0. The fourth-order valence-electron chi connectivity index (χ4n) is 1.84. The van der Waals surface area contributed by atoms with Crippen LogP contribution < -0.4 is 20.6 Å². The molecule has 0 saturated carbocycles. The largest absolute Gasteiger partial charge is 0.496 e. The molecule has 0 fully saturated rings. The number of primary amides is 1. The molecule has 0 saturated heterocycles. The fraction of sp³-hybridized carbons (Fsp3) is 0.118. The van der Waals surface area contributed by atoms with Gasteiger partial charge in [-0.05, 0) is 70.6 Å². The molecule has 8 heteroatoms. The van der Waals surface area contributed by atoms with Gasteiger partial charge >= 0.3 is 0 Å². The van der Waals surface area contributed by atoms with Crippen LogP contribution in [0.15, 0.2) is 47.6 Å². The van der Waals surface area contributed by atoms with E-state index in [4.69, 9.17) is 15.2 Å². The molecule has 2 aromatic carbocycles. The van der Waals surface area contributed by atoms with Crippen LogP contribution in [0, 0.1) is 3.57 Å². The highest BCUT2D eigenvalue weighted by molar-refractivity contribution is 14.1. The van der Waals surface area contributed by atoms with Crippen molar-refractivity contribution < 1.29 is 19.1 Å². The molecule has 130 valence electrons. The van der Waals surface area contributed by atoms with Crippen molar-refractivity contribution in [3.05, 3.63) is 57.2 Å². The number of hydrogen-bond acceptors (Lipinski definition) is 5. The summed E-state index contributed by atoms with van der Waals surface area (Å²) in [6.45, 7) is -0.178. The van der Waals surface area contributed by atoms with Gasteiger partial charge in [-0.3, -0.25) is 9.59 Å². The SMILES string of the molecule is COc1cc(C(=O)NN=Cc2ccc(OCC(N)=O)cc2)ccc1I. The van der Waals surface area contributed by atoms with Gasteiger partial charge in [-0.1, -0.05) is 0 Å². The lowest BCUT2D eigenvalue weighted by Crippen LogP contribution is -2.20. The highest BCUT2D eigenvalue weighted by Gasteiger charge is 2.08. The van der Waals surface area contributed by atoms with Gasteiger partial charge in [0.25, 0.3) is 11.8 Å². The number of nitrogens with zero attached hydrogens (tertiary/aromatic N) is 1. The van der Waals surface area contributed by atoms with Crippen LogP contribution in [0.3, 0.4) is 0 Å². The first kappa shape index (κ1) is 18.7. The van der Waals surface area contributed by atoms with Crippen molar-refractivity contribution in [3.63, 3.8) is 0 Å². The molecular formula is C17H16IN3O4. The van der Waals surface area contributed by atoms with Gasteiger partial charge in [-0.15, -0.1) is 0 Å². The molecule has 0 bridgehead atoms. The Hall–Kier alpha value is -2.62. The normalized spacial score (nSPS) is 10.5. The van der Waals surface area contributed by atoms with Crippen molar-refractivity contribution in [2.45, 2.75) is 0 Å². The Morgan fingerprint density at radius 1 is 1.24 bits per heavy atom. The van der Waals surface area contributed by atoms with Crippen molar-refractivity contribution in [3.8, 4) is 11.5 Å². The molecule has 0 unspecified atom stereocenters. The Kier molecular flexibility index (Phi) is 6.75. The van der Waals surface area contributed by atoms with Gasteiger partial charge < -0.3 is 15.2 Å². The van der Waals surface area contributed by atoms with Crippen LogP contribution in [0.4, 0.5) is 0 Å². The van der Waals surface area contributed by atoms with Gasteiger partial charge in [0, 0.05) is 5.56 Å². The molecule has 3 N–H and O–H groups in total. The smallest absolute Gasteiger partial charge is 0.271 e. The van der Waals surface area contributed by atoms with Crippen molar-refractivity contribution in [2.75, 3.05) is 13.7 Å². The first-order chi connectivity index (χ1) is 12.0. The Balaban J connectivity index is 1.93. The van der Waals surface area contributed by atoms with E-state index in [2.05, 4.69) is 33.1 Å². The van der Waals surface area contributed by atoms with Crippen LogP contribution in [0.5, 0.6) is 11.5 Å². The minimum Gasteiger partial charge on any atom is -0.496 e. The molecule has 2 aromatic rings. The number of amides is 2. The Morgan fingerprint density at radius 2 is 1.96 bits per heavy atom. The molecule has 0 heterocycles. The highest BCUT2D eigenvalue weighted by atomic mass is 127. The lowest BCUT2D eigenvalue weighted by molar-refractivity contribution is -0.119. The molecule has 0 spiro atoms. The second-order valence-corrected chi connectivity index (χ2v) is 6.03. The zero-order valence-corrected chi connectivity index (χ0v) is 15.5. The van der Waals surface area contributed by atoms with E-state index in [0.717, 1.165) is 9.13 Å². The summed E-state index contributed by atoms with van der Waals surface area (Å²) in [5, 5.41) is 3.92. The fourth-order valence-corrected chi connectivity index (χ4v) is 2.39. The van der Waals surface area contributed by atoms with E-state index >= 15 is 0 Å². The maximum Gasteiger partial charge on any atom is 0.271 e. The molecule has 0 aliphatic rings. The standard InChI is InChI=1S/C17H16IN3O4/c1-24-15-8-12(4-7-14(15)18)17(23)21-20-9-11-2-5-13(6-3-11)25-10-16(19)22/h2-9H,10H2,1H3,(H2,19,22)(H,21,23). The monoisotopic (exact) mass is 453 g/mol. The van der Waals surface area contributed by atoms with Crippen LogP contribution in [-0.4, -0.2) is 31.7 Å². The van der Waals surface area contributed by atoms with Crippen LogP contribution >= 0.6 is 22.6 Å². The molecule has 2 amide bonds. The summed E-state index contributed by atoms with van der Waals surface area (Å²) in [4.78, 5) is 22.7. The molecule has 0 aliphatic carbocycles. The predicted molar refractivity (Wildman–Crippen MR) is 102 cm³/mol. The second-order valence-electron chi connectivity index (χ2n) is 4.87. The number of carbonyl (C=O) groups is 2. The third-order valence-corrected chi connectivity index (χ3v) is 3.95. The molecule has 0 aliphatic heterocycles. The number of rotatable bonds is 7. The second kappa shape index (κ2) is 9.02. The third kappa shape index (κ3) is 5.75. The van der Waals surface area contributed by atoms with Crippen LogP contribution in [0.2, 0.25) is 0 Å². The average Bonchev–Trinajstić information content (AvgIpc) is 2.61. The zero-order chi connectivity index (χ0) is 18.2. The van der Waals surface area contributed by atoms with Crippen molar-refractivity contribution >= 4 is 40.6 Å². The lowest BCUT2D eigenvalue weighted by Gasteiger charge is -2.05. The number of nitrogens with one attached hydrogen (secondary N) is 1. The minimum atomic E-state index is -0.541. The van der Waals surface area contributed by atoms with E-state index in [1.54, 1.807) is 49.6 Å². The number of ether oxygens (including phenoxy) is 2. The lowest BCUT2D eigenvalue weighted by atomic mass is 10.2. The quantitative estimate of drug-likeness (QED) is 0.380. The van der Waals surface area contributed by atoms with Gasteiger partial charge in [0.1, 0.15) is 11.5 Å². The van der Waals surface area contributed by atoms with E-state index in [-0.39, 0.29) is 12.5 Å². The highest BCUT2D eigenvalue weighted by Crippen LogP contribution is 2.21. The molecular weight excluding hydrogens is 437 g/mol.